The molecule has 27 heavy (non-hydrogen) atoms. The predicted molar refractivity (Wildman–Crippen MR) is 104 cm³/mol. The number of nitrogen functional groups attached to an aromatic ring is 1. The second kappa shape index (κ2) is 8.79. The van der Waals surface area contributed by atoms with Crippen molar-refractivity contribution in [3.8, 4) is 0 Å². The number of anilines is 1. The largest absolute Gasteiger partial charge is 0.422 e. The highest BCUT2D eigenvalue weighted by Crippen LogP contribution is 2.26. The van der Waals surface area contributed by atoms with Crippen LogP contribution in [0.15, 0.2) is 27.4 Å². The fraction of sp³-hybridized carbons (Fsp3) is 0.421. The van der Waals surface area contributed by atoms with E-state index in [4.69, 9.17) is 21.6 Å². The molecule has 1 aromatic heterocycles. The van der Waals surface area contributed by atoms with Crippen LogP contribution < -0.4 is 28.1 Å². The van der Waals surface area contributed by atoms with Crippen LogP contribution in [0.25, 0.3) is 11.0 Å². The van der Waals surface area contributed by atoms with Gasteiger partial charge in [-0.05, 0) is 39.3 Å². The molecule has 0 radical (unpaired) electrons. The summed E-state index contributed by atoms with van der Waals surface area (Å²) < 4.78 is 5.21. The van der Waals surface area contributed by atoms with Gasteiger partial charge in [0, 0.05) is 5.56 Å². The van der Waals surface area contributed by atoms with Crippen LogP contribution in [-0.2, 0) is 4.79 Å². The number of carbonyl (C=O) groups is 2. The number of nitrogens with one attached hydrogen (secondary N) is 1. The van der Waals surface area contributed by atoms with E-state index in [0.29, 0.717) is 18.4 Å². The monoisotopic (exact) mass is 374 g/mol. The number of nitrogens with two attached hydrogens (primary N) is 3. The van der Waals surface area contributed by atoms with Gasteiger partial charge in [-0.25, -0.2) is 4.79 Å². The summed E-state index contributed by atoms with van der Waals surface area (Å²) in [7, 11) is 0. The Bertz CT molecular complexity index is 906. The van der Waals surface area contributed by atoms with E-state index in [-0.39, 0.29) is 28.2 Å². The second-order valence-corrected chi connectivity index (χ2v) is 6.59. The van der Waals surface area contributed by atoms with Gasteiger partial charge in [0.05, 0.1) is 28.7 Å². The zero-order chi connectivity index (χ0) is 20.1. The van der Waals surface area contributed by atoms with Gasteiger partial charge in [-0.2, -0.15) is 0 Å². The maximum absolute atomic E-state index is 12.9. The van der Waals surface area contributed by atoms with E-state index in [1.54, 1.807) is 25.1 Å². The van der Waals surface area contributed by atoms with Crippen LogP contribution >= 0.6 is 0 Å². The van der Waals surface area contributed by atoms with E-state index in [9.17, 15) is 14.4 Å². The van der Waals surface area contributed by atoms with Gasteiger partial charge in [0.1, 0.15) is 5.58 Å². The summed E-state index contributed by atoms with van der Waals surface area (Å²) in [6.07, 6.45) is 2.02. The van der Waals surface area contributed by atoms with Crippen LogP contribution in [-0.4, -0.2) is 30.3 Å². The van der Waals surface area contributed by atoms with Crippen molar-refractivity contribution in [2.45, 2.75) is 45.2 Å². The lowest BCUT2D eigenvalue weighted by Gasteiger charge is -2.18. The molecule has 0 fully saturated rings. The molecule has 0 spiro atoms. The molecule has 1 heterocycles. The Morgan fingerprint density at radius 1 is 1.26 bits per heavy atom. The fourth-order valence-corrected chi connectivity index (χ4v) is 2.83. The van der Waals surface area contributed by atoms with Crippen molar-refractivity contribution in [1.82, 2.24) is 5.32 Å². The molecule has 146 valence electrons. The molecule has 0 aliphatic rings. The number of hydrogen-bond acceptors (Lipinski definition) is 7. The number of hydrogen-bond donors (Lipinski definition) is 4. The van der Waals surface area contributed by atoms with E-state index >= 15 is 0 Å². The summed E-state index contributed by atoms with van der Waals surface area (Å²) in [5.41, 5.74) is 17.7. The summed E-state index contributed by atoms with van der Waals surface area (Å²) in [6, 6.07) is 3.24. The first kappa shape index (κ1) is 20.6. The van der Waals surface area contributed by atoms with Crippen LogP contribution in [0.4, 0.5) is 5.69 Å². The van der Waals surface area contributed by atoms with E-state index in [0.717, 1.165) is 12.8 Å². The Balaban J connectivity index is 2.23. The van der Waals surface area contributed by atoms with Crippen molar-refractivity contribution in [1.29, 1.82) is 0 Å². The molecule has 8 nitrogen and oxygen atoms in total. The predicted octanol–water partition coefficient (Wildman–Crippen LogP) is 0.827. The zero-order valence-electron chi connectivity index (χ0n) is 15.6. The molecule has 2 atom stereocenters. The maximum atomic E-state index is 12.9. The van der Waals surface area contributed by atoms with Crippen LogP contribution in [0, 0.1) is 6.92 Å². The molecule has 2 unspecified atom stereocenters. The van der Waals surface area contributed by atoms with Gasteiger partial charge >= 0.3 is 5.63 Å². The van der Waals surface area contributed by atoms with Gasteiger partial charge in [-0.3, -0.25) is 9.59 Å². The van der Waals surface area contributed by atoms with E-state index in [1.807, 2.05) is 0 Å². The minimum absolute atomic E-state index is 0.196. The molecular formula is C19H26N4O4. The second-order valence-electron chi connectivity index (χ2n) is 6.59. The van der Waals surface area contributed by atoms with Crippen LogP contribution in [0.5, 0.6) is 0 Å². The first-order valence-corrected chi connectivity index (χ1v) is 8.90. The van der Waals surface area contributed by atoms with Crippen molar-refractivity contribution in [2.24, 2.45) is 11.5 Å². The molecule has 1 aromatic carbocycles. The van der Waals surface area contributed by atoms with Gasteiger partial charge in [-0.15, -0.1) is 0 Å². The SMILES string of the molecule is Cc1c(N)c2c(C(=O)C(C)NC(=O)C(N)CCCCN)cccc2oc1=O. The van der Waals surface area contributed by atoms with Gasteiger partial charge in [0.15, 0.2) is 5.78 Å². The quantitative estimate of drug-likeness (QED) is 0.303. The summed E-state index contributed by atoms with van der Waals surface area (Å²) >= 11 is 0. The van der Waals surface area contributed by atoms with Crippen molar-refractivity contribution in [3.63, 3.8) is 0 Å². The van der Waals surface area contributed by atoms with Crippen LogP contribution in [0.3, 0.4) is 0 Å². The molecule has 0 saturated heterocycles. The molecule has 0 saturated carbocycles. The average Bonchev–Trinajstić information content (AvgIpc) is 2.65. The average molecular weight is 374 g/mol. The minimum atomic E-state index is -0.810. The van der Waals surface area contributed by atoms with Gasteiger partial charge in [0.25, 0.3) is 0 Å². The molecule has 0 aliphatic heterocycles. The van der Waals surface area contributed by atoms with E-state index in [1.165, 1.54) is 6.92 Å². The Kier molecular flexibility index (Phi) is 6.70. The summed E-state index contributed by atoms with van der Waals surface area (Å²) in [5, 5.41) is 3.01. The molecule has 2 aromatic rings. The number of unbranched alkanes of at least 4 members (excludes halogenated alkanes) is 1. The third-order valence-corrected chi connectivity index (χ3v) is 4.53. The Hall–Kier alpha value is -2.71. The van der Waals surface area contributed by atoms with Crippen LogP contribution in [0.1, 0.15) is 42.1 Å². The van der Waals surface area contributed by atoms with Gasteiger partial charge in [-0.1, -0.05) is 18.6 Å². The van der Waals surface area contributed by atoms with Crippen molar-refractivity contribution >= 4 is 28.3 Å². The van der Waals surface area contributed by atoms with E-state index in [2.05, 4.69) is 5.32 Å². The lowest BCUT2D eigenvalue weighted by molar-refractivity contribution is -0.122. The van der Waals surface area contributed by atoms with Crippen LogP contribution in [0.2, 0.25) is 0 Å². The highest BCUT2D eigenvalue weighted by molar-refractivity contribution is 6.13. The molecule has 2 rings (SSSR count). The van der Waals surface area contributed by atoms with Gasteiger partial charge in [0.2, 0.25) is 5.91 Å². The molecular weight excluding hydrogens is 348 g/mol. The lowest BCUT2D eigenvalue weighted by Crippen LogP contribution is -2.47. The zero-order valence-corrected chi connectivity index (χ0v) is 15.6. The number of amides is 1. The summed E-state index contributed by atoms with van der Waals surface area (Å²) in [6.45, 7) is 3.66. The maximum Gasteiger partial charge on any atom is 0.341 e. The Morgan fingerprint density at radius 2 is 1.96 bits per heavy atom. The van der Waals surface area contributed by atoms with Crippen molar-refractivity contribution in [3.05, 3.63) is 39.7 Å². The molecule has 7 N–H and O–H groups in total. The van der Waals surface area contributed by atoms with Crippen molar-refractivity contribution < 1.29 is 14.0 Å². The molecule has 0 bridgehead atoms. The van der Waals surface area contributed by atoms with Crippen molar-refractivity contribution in [2.75, 3.05) is 12.3 Å². The summed E-state index contributed by atoms with van der Waals surface area (Å²) in [4.78, 5) is 36.9. The molecule has 0 aliphatic carbocycles. The Labute approximate surface area is 157 Å². The fourth-order valence-electron chi connectivity index (χ4n) is 2.83. The number of fused-ring (bicyclic) bond motifs is 1. The summed E-state index contributed by atoms with van der Waals surface area (Å²) in [5.74, 6) is -0.744. The number of ketones is 1. The van der Waals surface area contributed by atoms with Gasteiger partial charge < -0.3 is 26.9 Å². The molecule has 8 heteroatoms. The number of carbonyl (C=O) groups excluding carboxylic acids is 2. The number of rotatable bonds is 8. The highest BCUT2D eigenvalue weighted by atomic mass is 16.4. The topological polar surface area (TPSA) is 154 Å². The van der Waals surface area contributed by atoms with E-state index < -0.39 is 23.6 Å². The third kappa shape index (κ3) is 4.53. The Morgan fingerprint density at radius 3 is 2.63 bits per heavy atom. The first-order chi connectivity index (χ1) is 12.8. The normalized spacial score (nSPS) is 13.3. The molecule has 1 amide bonds. The standard InChI is InChI=1S/C19H26N4O4/c1-10-16(22)15-12(6-5-8-14(15)27-19(10)26)17(24)11(2)23-18(25)13(21)7-3-4-9-20/h5-6,8,11,13H,3-4,7,9,20-22H2,1-2H3,(H,23,25). The third-order valence-electron chi connectivity index (χ3n) is 4.53. The number of benzene rings is 1. The number of Topliss-reactive ketones (excluding diaryl/α,β-unsaturated/α-hetero) is 1. The lowest BCUT2D eigenvalue weighted by atomic mass is 9.98. The minimum Gasteiger partial charge on any atom is -0.422 e. The highest BCUT2D eigenvalue weighted by Gasteiger charge is 2.24. The first-order valence-electron chi connectivity index (χ1n) is 8.90. The smallest absolute Gasteiger partial charge is 0.341 e.